The van der Waals surface area contributed by atoms with E-state index >= 15 is 0 Å². The Bertz CT molecular complexity index is 600. The lowest BCUT2D eigenvalue weighted by Gasteiger charge is -2.04. The van der Waals surface area contributed by atoms with Crippen LogP contribution < -0.4 is 5.32 Å². The van der Waals surface area contributed by atoms with Crippen molar-refractivity contribution in [1.29, 1.82) is 0 Å². The lowest BCUT2D eigenvalue weighted by Crippen LogP contribution is -2.06. The van der Waals surface area contributed by atoms with Gasteiger partial charge < -0.3 is 14.7 Å². The fourth-order valence-electron chi connectivity index (χ4n) is 1.77. The summed E-state index contributed by atoms with van der Waals surface area (Å²) in [6, 6.07) is 3.77. The molecule has 2 N–H and O–H groups in total. The van der Waals surface area contributed by atoms with E-state index in [1.807, 2.05) is 18.3 Å². The number of aromatic nitrogens is 3. The van der Waals surface area contributed by atoms with Gasteiger partial charge in [0.1, 0.15) is 11.4 Å². The molecule has 0 saturated carbocycles. The lowest BCUT2D eigenvalue weighted by atomic mass is 10.3. The lowest BCUT2D eigenvalue weighted by molar-refractivity contribution is 0.615. The zero-order chi connectivity index (χ0) is 11.5. The van der Waals surface area contributed by atoms with Gasteiger partial charge in [-0.2, -0.15) is 0 Å². The van der Waals surface area contributed by atoms with Crippen molar-refractivity contribution >= 4 is 16.8 Å². The Hall–Kier alpha value is -2.30. The maximum Gasteiger partial charge on any atom is 0.139 e. The van der Waals surface area contributed by atoms with Crippen LogP contribution in [-0.4, -0.2) is 21.5 Å². The first-order chi connectivity index (χ1) is 8.43. The highest BCUT2D eigenvalue weighted by Crippen LogP contribution is 2.21. The summed E-state index contributed by atoms with van der Waals surface area (Å²) >= 11 is 0. The van der Waals surface area contributed by atoms with Crippen molar-refractivity contribution in [2.45, 2.75) is 6.42 Å². The van der Waals surface area contributed by atoms with Gasteiger partial charge in [-0.3, -0.25) is 0 Å². The summed E-state index contributed by atoms with van der Waals surface area (Å²) in [5.41, 5.74) is 1.96. The molecule has 0 saturated heterocycles. The minimum atomic E-state index is 0.805. The summed E-state index contributed by atoms with van der Waals surface area (Å²) in [6.45, 7) is 0.805. The highest BCUT2D eigenvalue weighted by molar-refractivity contribution is 5.87. The van der Waals surface area contributed by atoms with Gasteiger partial charge in [-0.1, -0.05) is 0 Å². The van der Waals surface area contributed by atoms with Gasteiger partial charge in [0.2, 0.25) is 0 Å². The van der Waals surface area contributed by atoms with Gasteiger partial charge in [0.15, 0.2) is 0 Å². The van der Waals surface area contributed by atoms with Crippen LogP contribution in [0.3, 0.4) is 0 Å². The van der Waals surface area contributed by atoms with Crippen LogP contribution in [0.1, 0.15) is 5.69 Å². The molecular weight excluding hydrogens is 216 g/mol. The number of fused-ring (bicyclic) bond motifs is 1. The van der Waals surface area contributed by atoms with Gasteiger partial charge in [-0.05, 0) is 12.1 Å². The van der Waals surface area contributed by atoms with Crippen LogP contribution in [-0.2, 0) is 6.42 Å². The predicted octanol–water partition coefficient (Wildman–Crippen LogP) is 2.21. The molecule has 0 unspecified atom stereocenters. The van der Waals surface area contributed by atoms with E-state index in [4.69, 9.17) is 4.42 Å². The number of pyridine rings is 1. The summed E-state index contributed by atoms with van der Waals surface area (Å²) in [7, 11) is 0. The molecule has 0 radical (unpaired) electrons. The van der Waals surface area contributed by atoms with Crippen LogP contribution in [0.2, 0.25) is 0 Å². The Morgan fingerprint density at radius 1 is 1.35 bits per heavy atom. The fourth-order valence-corrected chi connectivity index (χ4v) is 1.77. The quantitative estimate of drug-likeness (QED) is 0.718. The first-order valence-electron chi connectivity index (χ1n) is 5.47. The first-order valence-corrected chi connectivity index (χ1v) is 5.47. The molecule has 5 heteroatoms. The maximum atomic E-state index is 5.31. The molecule has 3 rings (SSSR count). The summed E-state index contributed by atoms with van der Waals surface area (Å²) < 4.78 is 5.31. The monoisotopic (exact) mass is 228 g/mol. The van der Waals surface area contributed by atoms with Gasteiger partial charge in [-0.25, -0.2) is 9.97 Å². The molecule has 3 aromatic rings. The number of nitrogens with zero attached hydrogens (tertiary/aromatic N) is 2. The number of rotatable bonds is 4. The zero-order valence-corrected chi connectivity index (χ0v) is 9.18. The number of aromatic amines is 1. The molecule has 0 aliphatic carbocycles. The Morgan fingerprint density at radius 2 is 2.35 bits per heavy atom. The molecule has 0 bridgehead atoms. The van der Waals surface area contributed by atoms with E-state index in [2.05, 4.69) is 20.3 Å². The number of hydrogen-bond donors (Lipinski definition) is 2. The normalized spacial score (nSPS) is 10.8. The Labute approximate surface area is 97.9 Å². The van der Waals surface area contributed by atoms with Crippen molar-refractivity contribution in [3.05, 3.63) is 42.8 Å². The summed E-state index contributed by atoms with van der Waals surface area (Å²) in [4.78, 5) is 11.3. The van der Waals surface area contributed by atoms with Crippen LogP contribution in [0.15, 0.2) is 41.5 Å². The third kappa shape index (κ3) is 1.99. The number of furan rings is 1. The van der Waals surface area contributed by atoms with E-state index in [0.717, 1.165) is 35.4 Å². The Kier molecular flexibility index (Phi) is 2.50. The molecule has 0 atom stereocenters. The van der Waals surface area contributed by atoms with Gasteiger partial charge in [0, 0.05) is 31.1 Å². The summed E-state index contributed by atoms with van der Waals surface area (Å²) in [6.07, 6.45) is 7.81. The van der Waals surface area contributed by atoms with Crippen molar-refractivity contribution in [3.63, 3.8) is 0 Å². The van der Waals surface area contributed by atoms with Crippen LogP contribution in [0.25, 0.3) is 11.0 Å². The second-order valence-electron chi connectivity index (χ2n) is 3.75. The van der Waals surface area contributed by atoms with E-state index < -0.39 is 0 Å². The largest absolute Gasteiger partial charge is 0.464 e. The van der Waals surface area contributed by atoms with E-state index in [1.54, 1.807) is 18.8 Å². The highest BCUT2D eigenvalue weighted by atomic mass is 16.3. The SMILES string of the molecule is c1cc2occc2c(NCCc2cnc[nH]2)n1. The molecule has 5 nitrogen and oxygen atoms in total. The summed E-state index contributed by atoms with van der Waals surface area (Å²) in [5.74, 6) is 0.857. The third-order valence-electron chi connectivity index (χ3n) is 2.62. The Morgan fingerprint density at radius 3 is 3.24 bits per heavy atom. The Balaban J connectivity index is 1.70. The van der Waals surface area contributed by atoms with Gasteiger partial charge in [-0.15, -0.1) is 0 Å². The van der Waals surface area contributed by atoms with Crippen molar-refractivity contribution < 1.29 is 4.42 Å². The van der Waals surface area contributed by atoms with Gasteiger partial charge in [0.05, 0.1) is 18.0 Å². The standard InChI is InChI=1S/C12H12N4O/c1(9-7-13-8-16-9)4-14-12-10-3-6-17-11(10)2-5-15-12/h2-3,5-8H,1,4H2,(H,13,16)(H,14,15). The molecule has 0 spiro atoms. The number of anilines is 1. The van der Waals surface area contributed by atoms with E-state index in [1.165, 1.54) is 0 Å². The third-order valence-corrected chi connectivity index (χ3v) is 2.62. The molecule has 3 aromatic heterocycles. The minimum Gasteiger partial charge on any atom is -0.464 e. The molecule has 86 valence electrons. The number of hydrogen-bond acceptors (Lipinski definition) is 4. The van der Waals surface area contributed by atoms with Gasteiger partial charge >= 0.3 is 0 Å². The smallest absolute Gasteiger partial charge is 0.139 e. The molecule has 0 aliphatic heterocycles. The molecular formula is C12H12N4O. The van der Waals surface area contributed by atoms with Gasteiger partial charge in [0.25, 0.3) is 0 Å². The highest BCUT2D eigenvalue weighted by Gasteiger charge is 2.03. The van der Waals surface area contributed by atoms with Crippen molar-refractivity contribution in [2.24, 2.45) is 0 Å². The maximum absolute atomic E-state index is 5.31. The second-order valence-corrected chi connectivity index (χ2v) is 3.75. The minimum absolute atomic E-state index is 0.805. The van der Waals surface area contributed by atoms with Crippen LogP contribution >= 0.6 is 0 Å². The molecule has 0 aromatic carbocycles. The molecule has 3 heterocycles. The number of nitrogens with one attached hydrogen (secondary N) is 2. The zero-order valence-electron chi connectivity index (χ0n) is 9.18. The predicted molar refractivity (Wildman–Crippen MR) is 64.8 cm³/mol. The average Bonchev–Trinajstić information content (AvgIpc) is 2.99. The van der Waals surface area contributed by atoms with Crippen LogP contribution in [0.5, 0.6) is 0 Å². The number of H-pyrrole nitrogens is 1. The van der Waals surface area contributed by atoms with E-state index in [9.17, 15) is 0 Å². The van der Waals surface area contributed by atoms with Crippen molar-refractivity contribution in [1.82, 2.24) is 15.0 Å². The van der Waals surface area contributed by atoms with Crippen molar-refractivity contribution in [3.8, 4) is 0 Å². The average molecular weight is 228 g/mol. The number of imidazole rings is 1. The van der Waals surface area contributed by atoms with Crippen molar-refractivity contribution in [2.75, 3.05) is 11.9 Å². The fraction of sp³-hybridized carbons (Fsp3) is 0.167. The summed E-state index contributed by atoms with van der Waals surface area (Å²) in [5, 5.41) is 4.30. The molecule has 17 heavy (non-hydrogen) atoms. The van der Waals surface area contributed by atoms with E-state index in [-0.39, 0.29) is 0 Å². The molecule has 0 fully saturated rings. The molecule has 0 amide bonds. The topological polar surface area (TPSA) is 66.7 Å². The van der Waals surface area contributed by atoms with Crippen LogP contribution in [0.4, 0.5) is 5.82 Å². The van der Waals surface area contributed by atoms with Crippen LogP contribution in [0, 0.1) is 0 Å². The first kappa shape index (κ1) is 9.89. The molecule has 0 aliphatic rings. The van der Waals surface area contributed by atoms with E-state index in [0.29, 0.717) is 0 Å². The second kappa shape index (κ2) is 4.29.